The summed E-state index contributed by atoms with van der Waals surface area (Å²) in [7, 11) is 0.472. The molecule has 0 aliphatic rings. The Labute approximate surface area is 115 Å². The first-order valence-corrected chi connectivity index (χ1v) is 7.00. The van der Waals surface area contributed by atoms with E-state index in [1.807, 2.05) is 14.1 Å². The largest absolute Gasteiger partial charge is 0.726 e. The number of likely N-dealkylation sites (N-methyl/N-ethyl adjacent to an activating group) is 1. The molecule has 0 atom stereocenters. The predicted molar refractivity (Wildman–Crippen MR) is 72.0 cm³/mol. The second-order valence-electron chi connectivity index (χ2n) is 4.74. The van der Waals surface area contributed by atoms with Crippen molar-refractivity contribution in [3.63, 3.8) is 0 Å². The highest BCUT2D eigenvalue weighted by Gasteiger charge is 2.19. The molecule has 0 unspecified atom stereocenters. The number of nitrogens with zero attached hydrogens (tertiary/aromatic N) is 1. The number of carbonyl (C=O) groups is 1. The second kappa shape index (κ2) is 9.16. The molecule has 0 saturated carbocycles. The molecule has 8 heteroatoms. The highest BCUT2D eigenvalue weighted by molar-refractivity contribution is 7.80. The van der Waals surface area contributed by atoms with E-state index in [4.69, 9.17) is 5.73 Å². The Balaban J connectivity index is 0. The zero-order valence-electron chi connectivity index (χ0n) is 12.0. The lowest BCUT2D eigenvalue weighted by Gasteiger charge is -2.28. The molecular weight excluding hydrogens is 272 g/mol. The van der Waals surface area contributed by atoms with E-state index in [1.165, 1.54) is 0 Å². The van der Waals surface area contributed by atoms with Gasteiger partial charge < -0.3 is 14.8 Å². The van der Waals surface area contributed by atoms with Gasteiger partial charge in [0.2, 0.25) is 16.2 Å². The summed E-state index contributed by atoms with van der Waals surface area (Å²) < 4.78 is 31.7. The van der Waals surface area contributed by atoms with E-state index < -0.39 is 10.4 Å². The highest BCUT2D eigenvalue weighted by Crippen LogP contribution is 2.02. The number of Topliss-reactive ketones (excluding diaryl/α,β-unsaturated/α-hetero) is 1. The molecule has 0 radical (unpaired) electrons. The molecule has 0 aliphatic carbocycles. The van der Waals surface area contributed by atoms with Crippen LogP contribution in [-0.4, -0.2) is 64.1 Å². The second-order valence-corrected chi connectivity index (χ2v) is 5.89. The van der Waals surface area contributed by atoms with E-state index in [9.17, 15) is 17.8 Å². The first-order valence-electron chi connectivity index (χ1n) is 5.67. The van der Waals surface area contributed by atoms with E-state index >= 15 is 0 Å². The van der Waals surface area contributed by atoms with Crippen molar-refractivity contribution in [1.82, 2.24) is 0 Å². The fourth-order valence-corrected chi connectivity index (χ4v) is 1.12. The summed E-state index contributed by atoms with van der Waals surface area (Å²) in [6.07, 6.45) is 0.955. The minimum absolute atomic E-state index is 0.141. The zero-order chi connectivity index (χ0) is 15.7. The molecule has 0 amide bonds. The molecule has 2 N–H and O–H groups in total. The van der Waals surface area contributed by atoms with Gasteiger partial charge in [-0.3, -0.25) is 8.98 Å². The van der Waals surface area contributed by atoms with Gasteiger partial charge in [0.25, 0.3) is 0 Å². The number of rotatable bonds is 7. The van der Waals surface area contributed by atoms with Gasteiger partial charge in [-0.25, -0.2) is 8.42 Å². The smallest absolute Gasteiger partial charge is 0.217 e. The van der Waals surface area contributed by atoms with Crippen molar-refractivity contribution in [2.75, 3.05) is 40.8 Å². The van der Waals surface area contributed by atoms with E-state index in [0.29, 0.717) is 23.1 Å². The SMILES string of the molecule is C=C(C)C(=O)C[N+](C)(C)CCCN.COS(=O)(=O)[O-]. The Bertz CT molecular complexity index is 390. The maximum atomic E-state index is 11.4. The average molecular weight is 296 g/mol. The molecular formula is C11H24N2O5S. The Morgan fingerprint density at radius 2 is 1.84 bits per heavy atom. The molecule has 0 bridgehead atoms. The van der Waals surface area contributed by atoms with Crippen molar-refractivity contribution >= 4 is 16.2 Å². The number of carbonyl (C=O) groups excluding carboxylic acids is 1. The first-order chi connectivity index (χ1) is 8.45. The van der Waals surface area contributed by atoms with Crippen molar-refractivity contribution in [3.05, 3.63) is 12.2 Å². The lowest BCUT2D eigenvalue weighted by molar-refractivity contribution is -0.882. The van der Waals surface area contributed by atoms with Gasteiger partial charge in [0, 0.05) is 6.42 Å². The molecule has 0 heterocycles. The molecule has 0 aromatic heterocycles. The van der Waals surface area contributed by atoms with Crippen LogP contribution in [0.3, 0.4) is 0 Å². The van der Waals surface area contributed by atoms with Crippen molar-refractivity contribution in [2.24, 2.45) is 5.73 Å². The van der Waals surface area contributed by atoms with Crippen LogP contribution in [0.2, 0.25) is 0 Å². The molecule has 0 saturated heterocycles. The third-order valence-corrected chi connectivity index (χ3v) is 2.63. The van der Waals surface area contributed by atoms with Gasteiger partial charge in [-0.05, 0) is 19.0 Å². The van der Waals surface area contributed by atoms with Crippen molar-refractivity contribution < 1.29 is 26.4 Å². The summed E-state index contributed by atoms with van der Waals surface area (Å²) >= 11 is 0. The summed E-state index contributed by atoms with van der Waals surface area (Å²) in [5, 5.41) is 0. The van der Waals surface area contributed by atoms with Gasteiger partial charge in [0.05, 0.1) is 27.7 Å². The van der Waals surface area contributed by atoms with Crippen LogP contribution in [0.5, 0.6) is 0 Å². The average Bonchev–Trinajstić information content (AvgIpc) is 2.25. The van der Waals surface area contributed by atoms with E-state index in [1.54, 1.807) is 6.92 Å². The van der Waals surface area contributed by atoms with Crippen LogP contribution in [0.1, 0.15) is 13.3 Å². The quantitative estimate of drug-likeness (QED) is 0.297. The number of hydrogen-bond donors (Lipinski definition) is 1. The van der Waals surface area contributed by atoms with Gasteiger partial charge in [-0.1, -0.05) is 6.58 Å². The molecule has 0 rings (SSSR count). The van der Waals surface area contributed by atoms with Gasteiger partial charge >= 0.3 is 0 Å². The molecule has 0 aromatic rings. The Hall–Kier alpha value is -0.800. The Kier molecular flexibility index (Phi) is 9.89. The minimum Gasteiger partial charge on any atom is -0.726 e. The summed E-state index contributed by atoms with van der Waals surface area (Å²) in [6, 6.07) is 0. The lowest BCUT2D eigenvalue weighted by Crippen LogP contribution is -2.45. The van der Waals surface area contributed by atoms with Crippen molar-refractivity contribution in [1.29, 1.82) is 0 Å². The van der Waals surface area contributed by atoms with Crippen LogP contribution in [0.25, 0.3) is 0 Å². The van der Waals surface area contributed by atoms with Crippen LogP contribution in [0, 0.1) is 0 Å². The molecule has 19 heavy (non-hydrogen) atoms. The minimum atomic E-state index is -4.41. The highest BCUT2D eigenvalue weighted by atomic mass is 32.3. The normalized spacial score (nSPS) is 11.5. The van der Waals surface area contributed by atoms with Crippen molar-refractivity contribution in [3.8, 4) is 0 Å². The number of nitrogens with two attached hydrogens (primary N) is 1. The van der Waals surface area contributed by atoms with Gasteiger partial charge in [-0.15, -0.1) is 0 Å². The molecule has 114 valence electrons. The molecule has 0 spiro atoms. The summed E-state index contributed by atoms with van der Waals surface area (Å²) in [4.78, 5) is 11.4. The lowest BCUT2D eigenvalue weighted by atomic mass is 10.2. The van der Waals surface area contributed by atoms with Crippen LogP contribution in [-0.2, 0) is 19.4 Å². The van der Waals surface area contributed by atoms with Crippen LogP contribution in [0.4, 0.5) is 0 Å². The van der Waals surface area contributed by atoms with Crippen molar-refractivity contribution in [2.45, 2.75) is 13.3 Å². The van der Waals surface area contributed by atoms with Crippen LogP contribution < -0.4 is 5.73 Å². The molecule has 0 fully saturated rings. The van der Waals surface area contributed by atoms with Gasteiger partial charge in [-0.2, -0.15) is 0 Å². The maximum absolute atomic E-state index is 11.4. The topological polar surface area (TPSA) is 110 Å². The van der Waals surface area contributed by atoms with Gasteiger partial charge in [0.15, 0.2) is 0 Å². The third-order valence-electron chi connectivity index (χ3n) is 2.22. The molecule has 0 aromatic carbocycles. The standard InChI is InChI=1S/C10H21N2O.CH4O4S/c1-9(2)10(13)8-12(3,4)7-5-6-11;1-5-6(2,3)4/h1,5-8,11H2,2-4H3;1H3,(H,2,3,4)/q+1;/p-1. The number of quaternary nitrogens is 1. The van der Waals surface area contributed by atoms with E-state index in [0.717, 1.165) is 20.1 Å². The van der Waals surface area contributed by atoms with E-state index in [-0.39, 0.29) is 5.78 Å². The maximum Gasteiger partial charge on any atom is 0.217 e. The fraction of sp³-hybridized carbons (Fsp3) is 0.727. The fourth-order valence-electron chi connectivity index (χ4n) is 1.12. The Morgan fingerprint density at radius 3 is 2.11 bits per heavy atom. The summed E-state index contributed by atoms with van der Waals surface area (Å²) in [5.74, 6) is 0.141. The monoisotopic (exact) mass is 296 g/mol. The first kappa shape index (κ1) is 20.5. The number of ketones is 1. The Morgan fingerprint density at radius 1 is 1.42 bits per heavy atom. The molecule has 7 nitrogen and oxygen atoms in total. The molecule has 0 aliphatic heterocycles. The zero-order valence-corrected chi connectivity index (χ0v) is 12.8. The van der Waals surface area contributed by atoms with E-state index in [2.05, 4.69) is 10.8 Å². The third kappa shape index (κ3) is 15.1. The van der Waals surface area contributed by atoms with Crippen LogP contribution >= 0.6 is 0 Å². The number of hydrogen-bond acceptors (Lipinski definition) is 6. The predicted octanol–water partition coefficient (Wildman–Crippen LogP) is -0.350. The van der Waals surface area contributed by atoms with Crippen LogP contribution in [0.15, 0.2) is 12.2 Å². The van der Waals surface area contributed by atoms with Gasteiger partial charge in [0.1, 0.15) is 6.54 Å². The summed E-state index contributed by atoms with van der Waals surface area (Å²) in [6.45, 7) is 7.54. The summed E-state index contributed by atoms with van der Waals surface area (Å²) in [5.41, 5.74) is 6.05.